The van der Waals surface area contributed by atoms with Crippen molar-refractivity contribution in [2.24, 2.45) is 0 Å². The molecule has 0 bridgehead atoms. The number of pyridine rings is 1. The van der Waals surface area contributed by atoms with Gasteiger partial charge in [0, 0.05) is 36.8 Å². The van der Waals surface area contributed by atoms with Gasteiger partial charge >= 0.3 is 6.18 Å². The highest BCUT2D eigenvalue weighted by Gasteiger charge is 2.43. The van der Waals surface area contributed by atoms with Crippen molar-refractivity contribution in [1.82, 2.24) is 19.3 Å². The van der Waals surface area contributed by atoms with Gasteiger partial charge in [-0.15, -0.1) is 0 Å². The van der Waals surface area contributed by atoms with Gasteiger partial charge in [0.2, 0.25) is 25.0 Å². The van der Waals surface area contributed by atoms with Gasteiger partial charge < -0.3 is 0 Å². The zero-order chi connectivity index (χ0) is 33.3. The second-order valence-electron chi connectivity index (χ2n) is 10.5. The summed E-state index contributed by atoms with van der Waals surface area (Å²) < 4.78 is 121. The SMILES string of the molecule is O=C(CCc1cc(-c2ccc(C(F)(F)F)nc2)nc(S(=O)(=O)Cc2ccccc2)n1)[C@@H]1C[C@@H](F)CN1S(=O)(=O)c1ccc(F)cc1. The molecule has 0 aliphatic carbocycles. The summed E-state index contributed by atoms with van der Waals surface area (Å²) in [5.74, 6) is -1.84. The summed E-state index contributed by atoms with van der Waals surface area (Å²) >= 11 is 0. The fourth-order valence-electron chi connectivity index (χ4n) is 4.93. The Morgan fingerprint density at radius 3 is 2.26 bits per heavy atom. The van der Waals surface area contributed by atoms with Crippen LogP contribution in [0.3, 0.4) is 0 Å². The summed E-state index contributed by atoms with van der Waals surface area (Å²) in [7, 11) is -8.56. The highest BCUT2D eigenvalue weighted by Crippen LogP contribution is 2.31. The number of nitrogens with zero attached hydrogens (tertiary/aromatic N) is 4. The van der Waals surface area contributed by atoms with Gasteiger partial charge in [-0.25, -0.2) is 35.6 Å². The van der Waals surface area contributed by atoms with Crippen LogP contribution in [0.15, 0.2) is 89.0 Å². The Bertz CT molecular complexity index is 1940. The van der Waals surface area contributed by atoms with E-state index >= 15 is 0 Å². The van der Waals surface area contributed by atoms with E-state index in [9.17, 15) is 43.6 Å². The minimum atomic E-state index is -4.71. The lowest BCUT2D eigenvalue weighted by Gasteiger charge is -2.22. The lowest BCUT2D eigenvalue weighted by Crippen LogP contribution is -2.40. The molecule has 46 heavy (non-hydrogen) atoms. The molecule has 3 heterocycles. The molecule has 0 unspecified atom stereocenters. The minimum absolute atomic E-state index is 0.0209. The molecule has 242 valence electrons. The Balaban J connectivity index is 1.44. The van der Waals surface area contributed by atoms with E-state index in [1.54, 1.807) is 30.3 Å². The first-order chi connectivity index (χ1) is 21.6. The van der Waals surface area contributed by atoms with E-state index in [0.717, 1.165) is 40.8 Å². The normalized spacial score (nSPS) is 17.7. The van der Waals surface area contributed by atoms with Crippen molar-refractivity contribution in [3.8, 4) is 11.3 Å². The van der Waals surface area contributed by atoms with E-state index in [-0.39, 0.29) is 34.7 Å². The second-order valence-corrected chi connectivity index (χ2v) is 14.3. The van der Waals surface area contributed by atoms with Crippen LogP contribution in [-0.4, -0.2) is 60.6 Å². The van der Waals surface area contributed by atoms with E-state index in [1.807, 2.05) is 0 Å². The first-order valence-electron chi connectivity index (χ1n) is 13.8. The summed E-state index contributed by atoms with van der Waals surface area (Å²) in [6, 6.07) is 13.7. The molecular weight excluding hydrogens is 655 g/mol. The van der Waals surface area contributed by atoms with Crippen LogP contribution < -0.4 is 0 Å². The first kappa shape index (κ1) is 33.2. The number of hydrogen-bond donors (Lipinski definition) is 0. The molecule has 0 amide bonds. The van der Waals surface area contributed by atoms with Crippen molar-refractivity contribution in [3.63, 3.8) is 0 Å². The highest BCUT2D eigenvalue weighted by atomic mass is 32.2. The average molecular weight is 681 g/mol. The Hall–Kier alpha value is -4.15. The number of alkyl halides is 4. The predicted octanol–water partition coefficient (Wildman–Crippen LogP) is 4.97. The fourth-order valence-corrected chi connectivity index (χ4v) is 7.84. The van der Waals surface area contributed by atoms with Crippen LogP contribution in [0.2, 0.25) is 0 Å². The van der Waals surface area contributed by atoms with Gasteiger partial charge in [-0.1, -0.05) is 30.3 Å². The molecule has 2 aromatic carbocycles. The summed E-state index contributed by atoms with van der Waals surface area (Å²) in [5, 5.41) is -0.638. The summed E-state index contributed by atoms with van der Waals surface area (Å²) in [6.07, 6.45) is -6.50. The molecule has 1 fully saturated rings. The van der Waals surface area contributed by atoms with E-state index in [0.29, 0.717) is 11.6 Å². The number of halogens is 5. The zero-order valence-electron chi connectivity index (χ0n) is 23.7. The summed E-state index contributed by atoms with van der Waals surface area (Å²) in [6.45, 7) is -0.587. The number of aromatic nitrogens is 3. The molecule has 1 saturated heterocycles. The highest BCUT2D eigenvalue weighted by molar-refractivity contribution is 7.90. The van der Waals surface area contributed by atoms with Crippen LogP contribution in [0.5, 0.6) is 0 Å². The maximum absolute atomic E-state index is 14.5. The first-order valence-corrected chi connectivity index (χ1v) is 16.9. The lowest BCUT2D eigenvalue weighted by atomic mass is 10.0. The van der Waals surface area contributed by atoms with E-state index in [4.69, 9.17) is 0 Å². The number of carbonyl (C=O) groups is 1. The molecule has 4 aromatic rings. The van der Waals surface area contributed by atoms with Crippen molar-refractivity contribution < 1.29 is 43.6 Å². The third kappa shape index (κ3) is 7.45. The van der Waals surface area contributed by atoms with Crippen LogP contribution in [0.25, 0.3) is 11.3 Å². The van der Waals surface area contributed by atoms with Gasteiger partial charge in [0.15, 0.2) is 5.78 Å². The average Bonchev–Trinajstić information content (AvgIpc) is 3.42. The molecule has 0 N–H and O–H groups in total. The van der Waals surface area contributed by atoms with Gasteiger partial charge in [0.1, 0.15) is 17.7 Å². The predicted molar refractivity (Wildman–Crippen MR) is 155 cm³/mol. The van der Waals surface area contributed by atoms with E-state index < -0.39 is 79.4 Å². The van der Waals surface area contributed by atoms with Crippen molar-refractivity contribution >= 4 is 25.6 Å². The van der Waals surface area contributed by atoms with Crippen LogP contribution in [-0.2, 0) is 43.0 Å². The number of Topliss-reactive ketones (excluding diaryl/α,β-unsaturated/α-hetero) is 1. The second kappa shape index (κ2) is 12.9. The molecule has 16 heteroatoms. The molecule has 5 rings (SSSR count). The van der Waals surface area contributed by atoms with Crippen LogP contribution in [0.4, 0.5) is 22.0 Å². The van der Waals surface area contributed by atoms with Gasteiger partial charge in [0.05, 0.1) is 22.4 Å². The maximum Gasteiger partial charge on any atom is 0.433 e. The smallest absolute Gasteiger partial charge is 0.298 e. The largest absolute Gasteiger partial charge is 0.433 e. The summed E-state index contributed by atoms with van der Waals surface area (Å²) in [5.41, 5.74) is -0.750. The van der Waals surface area contributed by atoms with Gasteiger partial charge in [0.25, 0.3) is 0 Å². The number of sulfonamides is 1. The molecule has 9 nitrogen and oxygen atoms in total. The number of ketones is 1. The van der Waals surface area contributed by atoms with Gasteiger partial charge in [-0.05, 0) is 54.4 Å². The van der Waals surface area contributed by atoms with Gasteiger partial charge in [-0.3, -0.25) is 9.78 Å². The Kier molecular flexibility index (Phi) is 9.33. The third-order valence-electron chi connectivity index (χ3n) is 7.21. The van der Waals surface area contributed by atoms with Crippen molar-refractivity contribution in [2.45, 2.75) is 53.5 Å². The molecule has 2 atom stereocenters. The Labute approximate surface area is 261 Å². The fraction of sp³-hybridized carbons (Fsp3) is 0.267. The molecule has 1 aliphatic heterocycles. The summed E-state index contributed by atoms with van der Waals surface area (Å²) in [4.78, 5) is 24.6. The van der Waals surface area contributed by atoms with Crippen molar-refractivity contribution in [3.05, 3.63) is 102 Å². The Morgan fingerprint density at radius 1 is 0.935 bits per heavy atom. The number of aryl methyl sites for hydroxylation is 1. The standard InChI is InChI=1S/C30H25F5N4O5S2/c31-21-7-10-24(11-8-21)46(43,44)39-17-22(32)14-26(39)27(40)12-9-23-15-25(20-6-13-28(36-16-20)30(33,34)35)38-29(37-23)45(41,42)18-19-4-2-1-3-5-19/h1-8,10-11,13,15-16,22,26H,9,12,14,17-18H2/t22-,26+/m1/s1. The molecule has 1 aliphatic rings. The van der Waals surface area contributed by atoms with Crippen molar-refractivity contribution in [1.29, 1.82) is 0 Å². The number of carbonyl (C=O) groups excluding carboxylic acids is 1. The van der Waals surface area contributed by atoms with Crippen LogP contribution in [0, 0.1) is 5.82 Å². The van der Waals surface area contributed by atoms with Crippen molar-refractivity contribution in [2.75, 3.05) is 6.54 Å². The lowest BCUT2D eigenvalue weighted by molar-refractivity contribution is -0.141. The molecule has 2 aromatic heterocycles. The number of hydrogen-bond acceptors (Lipinski definition) is 8. The van der Waals surface area contributed by atoms with E-state index in [2.05, 4.69) is 15.0 Å². The number of rotatable bonds is 10. The van der Waals surface area contributed by atoms with Gasteiger partial charge in [-0.2, -0.15) is 17.5 Å². The minimum Gasteiger partial charge on any atom is -0.298 e. The monoisotopic (exact) mass is 680 g/mol. The van der Waals surface area contributed by atoms with Crippen LogP contribution >= 0.6 is 0 Å². The Morgan fingerprint density at radius 2 is 1.63 bits per heavy atom. The maximum atomic E-state index is 14.5. The number of sulfone groups is 1. The molecule has 0 saturated carbocycles. The topological polar surface area (TPSA) is 127 Å². The van der Waals surface area contributed by atoms with E-state index in [1.165, 1.54) is 6.07 Å². The third-order valence-corrected chi connectivity index (χ3v) is 10.6. The quantitative estimate of drug-likeness (QED) is 0.170. The molecular formula is C30H25F5N4O5S2. The molecule has 0 radical (unpaired) electrons. The zero-order valence-corrected chi connectivity index (χ0v) is 25.4. The molecule has 0 spiro atoms. The van der Waals surface area contributed by atoms with Crippen LogP contribution in [0.1, 0.15) is 29.8 Å². The number of benzene rings is 2.